The average Bonchev–Trinajstić information content (AvgIpc) is 3.67. The number of nitrogens with one attached hydrogen (secondary N) is 2. The van der Waals surface area contributed by atoms with E-state index < -0.39 is 23.5 Å². The average molecular weight is 510 g/mol. The Hall–Kier alpha value is -3.89. The maximum Gasteiger partial charge on any atom is 0.255 e. The molecule has 0 radical (unpaired) electrons. The third-order valence-electron chi connectivity index (χ3n) is 7.61. The number of aromatic amines is 1. The second kappa shape index (κ2) is 9.53. The first-order chi connectivity index (χ1) is 18.0. The van der Waals surface area contributed by atoms with Crippen molar-refractivity contribution in [3.05, 3.63) is 77.4 Å². The number of hydrogen-bond donors (Lipinski definition) is 2. The van der Waals surface area contributed by atoms with Gasteiger partial charge in [-0.1, -0.05) is 0 Å². The molecule has 2 fully saturated rings. The Labute approximate surface area is 210 Å². The molecule has 4 aromatic rings. The van der Waals surface area contributed by atoms with Crippen LogP contribution in [0.4, 0.5) is 18.9 Å². The van der Waals surface area contributed by atoms with E-state index in [4.69, 9.17) is 0 Å². The minimum atomic E-state index is -0.608. The van der Waals surface area contributed by atoms with Crippen molar-refractivity contribution in [3.63, 3.8) is 0 Å². The fraction of sp³-hybridized carbons (Fsp3) is 0.385. The standard InChI is InChI=1S/C26H26F3N7O/c27-16-5-8-20(28)18(12-16)21-2-1-10-35(21)22-9-11-36-24(23(22)29)19(13-32-36)26(37)33-17-6-3-15(4-7-17)25-30-14-31-34-25/h5,8-9,11-15,17,21H,1-4,6-7,10H2,(H,33,37)(H,30,31,34)/t15-,17-,21-/m1/s1. The number of hydrogen-bond acceptors (Lipinski definition) is 5. The van der Waals surface area contributed by atoms with Gasteiger partial charge in [0.1, 0.15) is 29.3 Å². The zero-order valence-electron chi connectivity index (χ0n) is 20.0. The quantitative estimate of drug-likeness (QED) is 0.408. The van der Waals surface area contributed by atoms with Gasteiger partial charge in [0.05, 0.1) is 23.5 Å². The smallest absolute Gasteiger partial charge is 0.255 e. The number of aromatic nitrogens is 5. The zero-order valence-corrected chi connectivity index (χ0v) is 20.0. The van der Waals surface area contributed by atoms with E-state index in [0.29, 0.717) is 19.4 Å². The molecule has 2 aliphatic rings. The summed E-state index contributed by atoms with van der Waals surface area (Å²) in [6.45, 7) is 0.484. The van der Waals surface area contributed by atoms with Gasteiger partial charge in [0.25, 0.3) is 5.91 Å². The number of fused-ring (bicyclic) bond motifs is 1. The molecule has 1 atom stereocenters. The van der Waals surface area contributed by atoms with E-state index in [0.717, 1.165) is 43.6 Å². The number of nitrogens with zero attached hydrogens (tertiary/aromatic N) is 5. The molecule has 37 heavy (non-hydrogen) atoms. The number of carbonyl (C=O) groups is 1. The maximum atomic E-state index is 16.0. The van der Waals surface area contributed by atoms with Gasteiger partial charge in [0, 0.05) is 30.3 Å². The summed E-state index contributed by atoms with van der Waals surface area (Å²) in [6.07, 6.45) is 8.99. The number of amides is 1. The predicted molar refractivity (Wildman–Crippen MR) is 130 cm³/mol. The van der Waals surface area contributed by atoms with E-state index in [1.807, 2.05) is 0 Å². The maximum absolute atomic E-state index is 16.0. The Morgan fingerprint density at radius 1 is 1.08 bits per heavy atom. The Morgan fingerprint density at radius 3 is 2.70 bits per heavy atom. The number of anilines is 1. The lowest BCUT2D eigenvalue weighted by Crippen LogP contribution is -2.37. The van der Waals surface area contributed by atoms with Crippen LogP contribution in [0, 0.1) is 17.5 Å². The fourth-order valence-corrected chi connectivity index (χ4v) is 5.75. The van der Waals surface area contributed by atoms with Gasteiger partial charge < -0.3 is 10.2 Å². The fourth-order valence-electron chi connectivity index (χ4n) is 5.75. The van der Waals surface area contributed by atoms with Gasteiger partial charge >= 0.3 is 0 Å². The van der Waals surface area contributed by atoms with Crippen molar-refractivity contribution in [3.8, 4) is 0 Å². The molecule has 11 heteroatoms. The molecule has 8 nitrogen and oxygen atoms in total. The van der Waals surface area contributed by atoms with Crippen LogP contribution in [0.3, 0.4) is 0 Å². The minimum absolute atomic E-state index is 0.0354. The van der Waals surface area contributed by atoms with Crippen LogP contribution in [-0.4, -0.2) is 43.3 Å². The molecule has 1 amide bonds. The molecule has 0 spiro atoms. The van der Waals surface area contributed by atoms with Crippen LogP contribution in [0.1, 0.15) is 72.2 Å². The van der Waals surface area contributed by atoms with E-state index in [1.165, 1.54) is 23.1 Å². The van der Waals surface area contributed by atoms with Gasteiger partial charge in [0.15, 0.2) is 5.82 Å². The summed E-state index contributed by atoms with van der Waals surface area (Å²) in [4.78, 5) is 19.2. The van der Waals surface area contributed by atoms with E-state index in [9.17, 15) is 13.6 Å². The second-order valence-corrected chi connectivity index (χ2v) is 9.78. The molecule has 1 saturated heterocycles. The first-order valence-electron chi connectivity index (χ1n) is 12.5. The van der Waals surface area contributed by atoms with Gasteiger partial charge in [-0.3, -0.25) is 9.89 Å². The molecule has 1 aromatic carbocycles. The highest BCUT2D eigenvalue weighted by Gasteiger charge is 2.32. The topological polar surface area (TPSA) is 91.2 Å². The Kier molecular flexibility index (Phi) is 6.05. The van der Waals surface area contributed by atoms with Crippen molar-refractivity contribution >= 4 is 17.1 Å². The molecule has 1 aliphatic carbocycles. The lowest BCUT2D eigenvalue weighted by atomic mass is 9.85. The molecule has 1 aliphatic heterocycles. The van der Waals surface area contributed by atoms with E-state index in [-0.39, 0.29) is 40.2 Å². The van der Waals surface area contributed by atoms with Gasteiger partial charge in [-0.05, 0) is 62.8 Å². The van der Waals surface area contributed by atoms with Crippen molar-refractivity contribution in [1.82, 2.24) is 30.1 Å². The monoisotopic (exact) mass is 509 g/mol. The number of H-pyrrole nitrogens is 1. The first kappa shape index (κ1) is 23.5. The molecular formula is C26H26F3N7O. The largest absolute Gasteiger partial charge is 0.362 e. The zero-order chi connectivity index (χ0) is 25.5. The summed E-state index contributed by atoms with van der Waals surface area (Å²) in [5.41, 5.74) is 0.644. The lowest BCUT2D eigenvalue weighted by Gasteiger charge is -2.28. The Morgan fingerprint density at radius 2 is 1.92 bits per heavy atom. The molecule has 1 saturated carbocycles. The summed E-state index contributed by atoms with van der Waals surface area (Å²) in [7, 11) is 0. The highest BCUT2D eigenvalue weighted by Crippen LogP contribution is 2.39. The summed E-state index contributed by atoms with van der Waals surface area (Å²) >= 11 is 0. The van der Waals surface area contributed by atoms with Crippen LogP contribution in [-0.2, 0) is 0 Å². The van der Waals surface area contributed by atoms with Crippen molar-refractivity contribution in [2.24, 2.45) is 0 Å². The molecule has 3 aromatic heterocycles. The SMILES string of the molecule is O=C(N[C@H]1CC[C@H](c2ncn[nH]2)CC1)c1cnn2ccc(N3CCC[C@@H]3c3cc(F)ccc3F)c(F)c12. The summed E-state index contributed by atoms with van der Waals surface area (Å²) in [5, 5.41) is 14.0. The molecule has 2 N–H and O–H groups in total. The highest BCUT2D eigenvalue weighted by molar-refractivity contribution is 6.01. The van der Waals surface area contributed by atoms with Crippen LogP contribution < -0.4 is 10.2 Å². The van der Waals surface area contributed by atoms with Crippen LogP contribution >= 0.6 is 0 Å². The number of benzene rings is 1. The van der Waals surface area contributed by atoms with Crippen molar-refractivity contribution in [2.75, 3.05) is 11.4 Å². The van der Waals surface area contributed by atoms with Gasteiger partial charge in [-0.15, -0.1) is 0 Å². The Bertz CT molecular complexity index is 1430. The van der Waals surface area contributed by atoms with Crippen LogP contribution in [0.15, 0.2) is 43.0 Å². The van der Waals surface area contributed by atoms with Crippen LogP contribution in [0.2, 0.25) is 0 Å². The molecule has 0 unspecified atom stereocenters. The molecule has 4 heterocycles. The number of halogens is 3. The number of pyridine rings is 1. The second-order valence-electron chi connectivity index (χ2n) is 9.78. The normalized spacial score (nSPS) is 22.0. The van der Waals surface area contributed by atoms with Gasteiger partial charge in [-0.2, -0.15) is 10.2 Å². The summed E-state index contributed by atoms with van der Waals surface area (Å²) in [6, 6.07) is 4.36. The molecule has 192 valence electrons. The summed E-state index contributed by atoms with van der Waals surface area (Å²) in [5.74, 6) is -0.915. The first-order valence-corrected chi connectivity index (χ1v) is 12.5. The molecule has 0 bridgehead atoms. The molecule has 6 rings (SSSR count). The molecular weight excluding hydrogens is 483 g/mol. The van der Waals surface area contributed by atoms with E-state index in [2.05, 4.69) is 25.6 Å². The van der Waals surface area contributed by atoms with Crippen molar-refractivity contribution < 1.29 is 18.0 Å². The minimum Gasteiger partial charge on any atom is -0.362 e. The van der Waals surface area contributed by atoms with Crippen molar-refractivity contribution in [1.29, 1.82) is 0 Å². The Balaban J connectivity index is 1.24. The third kappa shape index (κ3) is 4.32. The van der Waals surface area contributed by atoms with E-state index in [1.54, 1.807) is 17.2 Å². The summed E-state index contributed by atoms with van der Waals surface area (Å²) < 4.78 is 45.7. The lowest BCUT2D eigenvalue weighted by molar-refractivity contribution is 0.0927. The van der Waals surface area contributed by atoms with Gasteiger partial charge in [0.2, 0.25) is 0 Å². The van der Waals surface area contributed by atoms with Gasteiger partial charge in [-0.25, -0.2) is 22.7 Å². The highest BCUT2D eigenvalue weighted by atomic mass is 19.1. The third-order valence-corrected chi connectivity index (χ3v) is 7.61. The predicted octanol–water partition coefficient (Wildman–Crippen LogP) is 4.67. The van der Waals surface area contributed by atoms with E-state index >= 15 is 4.39 Å². The number of rotatable bonds is 5. The van der Waals surface area contributed by atoms with Crippen LogP contribution in [0.5, 0.6) is 0 Å². The van der Waals surface area contributed by atoms with Crippen LogP contribution in [0.25, 0.3) is 5.52 Å². The number of carbonyl (C=O) groups excluding carboxylic acids is 1. The van der Waals surface area contributed by atoms with Crippen molar-refractivity contribution in [2.45, 2.75) is 56.5 Å².